The zero-order chi connectivity index (χ0) is 13.1. The van der Waals surface area contributed by atoms with Gasteiger partial charge in [0, 0.05) is 24.3 Å². The summed E-state index contributed by atoms with van der Waals surface area (Å²) < 4.78 is 6.97. The van der Waals surface area contributed by atoms with E-state index in [0.717, 1.165) is 23.5 Å². The SMILES string of the molecule is CCn1nc(C)c(CNC(=O)c2ccco2)c1C. The fraction of sp³-hybridized carbons (Fsp3) is 0.385. The zero-order valence-corrected chi connectivity index (χ0v) is 10.9. The zero-order valence-electron chi connectivity index (χ0n) is 10.9. The normalized spacial score (nSPS) is 10.6. The highest BCUT2D eigenvalue weighted by molar-refractivity contribution is 5.91. The highest BCUT2D eigenvalue weighted by Gasteiger charge is 2.13. The second-order valence-electron chi connectivity index (χ2n) is 4.13. The Morgan fingerprint density at radius 3 is 2.83 bits per heavy atom. The van der Waals surface area contributed by atoms with E-state index in [0.29, 0.717) is 12.3 Å². The van der Waals surface area contributed by atoms with Crippen LogP contribution >= 0.6 is 0 Å². The summed E-state index contributed by atoms with van der Waals surface area (Å²) in [5.41, 5.74) is 3.11. The van der Waals surface area contributed by atoms with Crippen LogP contribution in [0.1, 0.15) is 34.4 Å². The van der Waals surface area contributed by atoms with Crippen LogP contribution in [0.15, 0.2) is 22.8 Å². The van der Waals surface area contributed by atoms with Crippen molar-refractivity contribution in [2.75, 3.05) is 0 Å². The lowest BCUT2D eigenvalue weighted by molar-refractivity contribution is 0.0923. The molecule has 0 radical (unpaired) electrons. The lowest BCUT2D eigenvalue weighted by atomic mass is 10.2. The van der Waals surface area contributed by atoms with E-state index < -0.39 is 0 Å². The smallest absolute Gasteiger partial charge is 0.287 e. The van der Waals surface area contributed by atoms with Crippen molar-refractivity contribution in [3.05, 3.63) is 41.1 Å². The molecule has 0 aliphatic heterocycles. The van der Waals surface area contributed by atoms with Gasteiger partial charge in [-0.15, -0.1) is 0 Å². The molecule has 18 heavy (non-hydrogen) atoms. The van der Waals surface area contributed by atoms with Crippen LogP contribution in [0.2, 0.25) is 0 Å². The van der Waals surface area contributed by atoms with Crippen molar-refractivity contribution in [1.82, 2.24) is 15.1 Å². The fourth-order valence-electron chi connectivity index (χ4n) is 1.96. The van der Waals surface area contributed by atoms with Crippen molar-refractivity contribution in [3.8, 4) is 0 Å². The van der Waals surface area contributed by atoms with E-state index in [-0.39, 0.29) is 5.91 Å². The topological polar surface area (TPSA) is 60.1 Å². The summed E-state index contributed by atoms with van der Waals surface area (Å²) in [6, 6.07) is 3.34. The minimum absolute atomic E-state index is 0.206. The number of aryl methyl sites for hydroxylation is 2. The number of hydrogen-bond acceptors (Lipinski definition) is 3. The first kappa shape index (κ1) is 12.4. The maximum Gasteiger partial charge on any atom is 0.287 e. The van der Waals surface area contributed by atoms with Gasteiger partial charge in [0.1, 0.15) is 0 Å². The molecule has 0 bridgehead atoms. The molecule has 0 fully saturated rings. The molecule has 96 valence electrons. The first-order chi connectivity index (χ1) is 8.63. The van der Waals surface area contributed by atoms with Crippen LogP contribution in [0.25, 0.3) is 0 Å². The number of carbonyl (C=O) groups is 1. The minimum atomic E-state index is -0.206. The molecular formula is C13H17N3O2. The van der Waals surface area contributed by atoms with E-state index in [1.54, 1.807) is 12.1 Å². The van der Waals surface area contributed by atoms with Gasteiger partial charge in [-0.25, -0.2) is 0 Å². The second-order valence-corrected chi connectivity index (χ2v) is 4.13. The van der Waals surface area contributed by atoms with Crippen LogP contribution in [-0.4, -0.2) is 15.7 Å². The van der Waals surface area contributed by atoms with Gasteiger partial charge in [0.2, 0.25) is 0 Å². The van der Waals surface area contributed by atoms with Gasteiger partial charge in [-0.05, 0) is 32.9 Å². The summed E-state index contributed by atoms with van der Waals surface area (Å²) in [5.74, 6) is 0.122. The Kier molecular flexibility index (Phi) is 3.50. The molecule has 2 aromatic rings. The van der Waals surface area contributed by atoms with Crippen molar-refractivity contribution >= 4 is 5.91 Å². The van der Waals surface area contributed by atoms with Gasteiger partial charge in [-0.3, -0.25) is 9.48 Å². The number of amides is 1. The van der Waals surface area contributed by atoms with Gasteiger partial charge < -0.3 is 9.73 Å². The first-order valence-electron chi connectivity index (χ1n) is 5.98. The molecule has 0 unspecified atom stereocenters. The van der Waals surface area contributed by atoms with E-state index >= 15 is 0 Å². The molecule has 0 aliphatic rings. The highest BCUT2D eigenvalue weighted by Crippen LogP contribution is 2.12. The van der Waals surface area contributed by atoms with Crippen molar-refractivity contribution in [1.29, 1.82) is 0 Å². The molecule has 5 heteroatoms. The largest absolute Gasteiger partial charge is 0.459 e. The van der Waals surface area contributed by atoms with Crippen LogP contribution in [0.5, 0.6) is 0 Å². The molecular weight excluding hydrogens is 230 g/mol. The van der Waals surface area contributed by atoms with Gasteiger partial charge in [-0.1, -0.05) is 0 Å². The number of carbonyl (C=O) groups excluding carboxylic acids is 1. The third kappa shape index (κ3) is 2.30. The van der Waals surface area contributed by atoms with Crippen molar-refractivity contribution in [2.24, 2.45) is 0 Å². The Morgan fingerprint density at radius 1 is 1.50 bits per heavy atom. The summed E-state index contributed by atoms with van der Waals surface area (Å²) in [6.45, 7) is 7.31. The summed E-state index contributed by atoms with van der Waals surface area (Å²) in [5, 5.41) is 7.25. The molecule has 0 aliphatic carbocycles. The summed E-state index contributed by atoms with van der Waals surface area (Å²) in [7, 11) is 0. The summed E-state index contributed by atoms with van der Waals surface area (Å²) in [4.78, 5) is 11.7. The van der Waals surface area contributed by atoms with E-state index in [1.165, 1.54) is 6.26 Å². The van der Waals surface area contributed by atoms with Crippen LogP contribution in [0.4, 0.5) is 0 Å². The third-order valence-electron chi connectivity index (χ3n) is 3.00. The Balaban J connectivity index is 2.07. The van der Waals surface area contributed by atoms with E-state index in [9.17, 15) is 4.79 Å². The molecule has 0 spiro atoms. The Hall–Kier alpha value is -2.04. The standard InChI is InChI=1S/C13H17N3O2/c1-4-16-10(3)11(9(2)15-16)8-14-13(17)12-6-5-7-18-12/h5-7H,4,8H2,1-3H3,(H,14,17). The Labute approximate surface area is 106 Å². The quantitative estimate of drug-likeness (QED) is 0.899. The predicted octanol–water partition coefficient (Wildman–Crippen LogP) is 2.04. The number of hydrogen-bond donors (Lipinski definition) is 1. The number of nitrogens with zero attached hydrogens (tertiary/aromatic N) is 2. The Morgan fingerprint density at radius 2 is 2.28 bits per heavy atom. The number of nitrogens with one attached hydrogen (secondary N) is 1. The molecule has 1 amide bonds. The minimum Gasteiger partial charge on any atom is -0.459 e. The van der Waals surface area contributed by atoms with Crippen molar-refractivity contribution < 1.29 is 9.21 Å². The van der Waals surface area contributed by atoms with Crippen molar-refractivity contribution in [3.63, 3.8) is 0 Å². The fourth-order valence-corrected chi connectivity index (χ4v) is 1.96. The second kappa shape index (κ2) is 5.08. The molecule has 0 atom stereocenters. The maximum atomic E-state index is 11.7. The molecule has 5 nitrogen and oxygen atoms in total. The molecule has 2 aromatic heterocycles. The number of furan rings is 1. The average Bonchev–Trinajstić information content (AvgIpc) is 2.96. The van der Waals surface area contributed by atoms with Gasteiger partial charge in [0.05, 0.1) is 12.0 Å². The molecule has 0 saturated carbocycles. The molecule has 0 aromatic carbocycles. The molecule has 0 saturated heterocycles. The van der Waals surface area contributed by atoms with Crippen LogP contribution < -0.4 is 5.32 Å². The van der Waals surface area contributed by atoms with Crippen LogP contribution in [0.3, 0.4) is 0 Å². The highest BCUT2D eigenvalue weighted by atomic mass is 16.3. The number of aromatic nitrogens is 2. The van der Waals surface area contributed by atoms with Gasteiger partial charge in [0.25, 0.3) is 5.91 Å². The lowest BCUT2D eigenvalue weighted by Gasteiger charge is -2.04. The average molecular weight is 247 g/mol. The maximum absolute atomic E-state index is 11.7. The predicted molar refractivity (Wildman–Crippen MR) is 67.3 cm³/mol. The number of rotatable bonds is 4. The van der Waals surface area contributed by atoms with Crippen LogP contribution in [-0.2, 0) is 13.1 Å². The lowest BCUT2D eigenvalue weighted by Crippen LogP contribution is -2.22. The monoisotopic (exact) mass is 247 g/mol. The summed E-state index contributed by atoms with van der Waals surface area (Å²) in [6.07, 6.45) is 1.49. The first-order valence-corrected chi connectivity index (χ1v) is 5.98. The Bertz CT molecular complexity index is 541. The third-order valence-corrected chi connectivity index (χ3v) is 3.00. The van der Waals surface area contributed by atoms with E-state index in [1.807, 2.05) is 25.5 Å². The van der Waals surface area contributed by atoms with Gasteiger partial charge >= 0.3 is 0 Å². The summed E-state index contributed by atoms with van der Waals surface area (Å²) >= 11 is 0. The van der Waals surface area contributed by atoms with Gasteiger partial charge in [0.15, 0.2) is 5.76 Å². The molecule has 2 rings (SSSR count). The van der Waals surface area contributed by atoms with Gasteiger partial charge in [-0.2, -0.15) is 5.10 Å². The molecule has 1 N–H and O–H groups in total. The van der Waals surface area contributed by atoms with Crippen LogP contribution in [0, 0.1) is 13.8 Å². The van der Waals surface area contributed by atoms with E-state index in [4.69, 9.17) is 4.42 Å². The van der Waals surface area contributed by atoms with Crippen molar-refractivity contribution in [2.45, 2.75) is 33.9 Å². The molecule has 2 heterocycles. The van der Waals surface area contributed by atoms with E-state index in [2.05, 4.69) is 10.4 Å².